The summed E-state index contributed by atoms with van der Waals surface area (Å²) in [6.07, 6.45) is 0.311. The third kappa shape index (κ3) is 4.26. The lowest BCUT2D eigenvalue weighted by atomic mass is 9.98. The Morgan fingerprint density at radius 1 is 1.03 bits per heavy atom. The molecule has 0 saturated carbocycles. The minimum Gasteiger partial charge on any atom is -0.548 e. The Balaban J connectivity index is 1.72. The Kier molecular flexibility index (Phi) is 6.05. The minimum atomic E-state index is -1.33. The van der Waals surface area contributed by atoms with E-state index in [9.17, 15) is 19.5 Å². The zero-order valence-corrected chi connectivity index (χ0v) is 18.7. The summed E-state index contributed by atoms with van der Waals surface area (Å²) >= 11 is 0. The van der Waals surface area contributed by atoms with Gasteiger partial charge in [-0.1, -0.05) is 37.3 Å². The molecule has 2 aromatic carbocycles. The van der Waals surface area contributed by atoms with Crippen LogP contribution in [0.1, 0.15) is 36.7 Å². The molecule has 0 saturated heterocycles. The molecular weight excluding hydrogens is 422 g/mol. The van der Waals surface area contributed by atoms with Crippen LogP contribution in [0.15, 0.2) is 56.1 Å². The fourth-order valence-electron chi connectivity index (χ4n) is 4.19. The fourth-order valence-corrected chi connectivity index (χ4v) is 4.19. The molecule has 0 radical (unpaired) electrons. The van der Waals surface area contributed by atoms with Crippen molar-refractivity contribution in [3.05, 3.63) is 69.8 Å². The van der Waals surface area contributed by atoms with E-state index in [0.29, 0.717) is 16.7 Å². The number of nitrogens with one attached hydrogen (secondary N) is 1. The molecule has 1 N–H and O–H groups in total. The van der Waals surface area contributed by atoms with Gasteiger partial charge >= 0.3 is 5.63 Å². The summed E-state index contributed by atoms with van der Waals surface area (Å²) in [6, 6.07) is 12.5. The highest BCUT2D eigenvalue weighted by Crippen LogP contribution is 2.37. The first-order chi connectivity index (χ1) is 15.8. The standard InChI is InChI=1S/C26H25NO6/c1-4-20(25(29)30)27-23(28)11-10-17-14(2)18-12-19-22(13-21(18)33-26(17)31)32-15(3)24(19)16-8-6-5-7-9-16/h5-9,12-13,20H,4,10-11H2,1-3H3,(H,27,28)(H,29,30)/p-1/t20-/m1/s1. The van der Waals surface area contributed by atoms with E-state index >= 15 is 0 Å². The average Bonchev–Trinajstić information content (AvgIpc) is 3.11. The molecule has 1 atom stereocenters. The minimum absolute atomic E-state index is 0.0385. The van der Waals surface area contributed by atoms with E-state index in [1.165, 1.54) is 0 Å². The van der Waals surface area contributed by atoms with Gasteiger partial charge in [-0.25, -0.2) is 4.79 Å². The number of carboxylic acid groups (broad SMARTS) is 1. The number of amides is 1. The predicted octanol–water partition coefficient (Wildman–Crippen LogP) is 3.40. The van der Waals surface area contributed by atoms with E-state index in [1.54, 1.807) is 13.0 Å². The maximum Gasteiger partial charge on any atom is 0.339 e. The first-order valence-corrected chi connectivity index (χ1v) is 10.8. The smallest absolute Gasteiger partial charge is 0.339 e. The Labute approximate surface area is 190 Å². The number of rotatable bonds is 7. The van der Waals surface area contributed by atoms with Crippen molar-refractivity contribution in [3.63, 3.8) is 0 Å². The second-order valence-electron chi connectivity index (χ2n) is 8.08. The summed E-state index contributed by atoms with van der Waals surface area (Å²) in [6.45, 7) is 5.37. The Bertz CT molecular complexity index is 1410. The van der Waals surface area contributed by atoms with Crippen LogP contribution in [0.5, 0.6) is 0 Å². The predicted molar refractivity (Wildman–Crippen MR) is 123 cm³/mol. The number of furan rings is 1. The van der Waals surface area contributed by atoms with Crippen molar-refractivity contribution in [1.82, 2.24) is 5.32 Å². The van der Waals surface area contributed by atoms with Crippen molar-refractivity contribution in [2.24, 2.45) is 0 Å². The third-order valence-electron chi connectivity index (χ3n) is 5.96. The van der Waals surface area contributed by atoms with Gasteiger partial charge in [0.2, 0.25) is 5.91 Å². The van der Waals surface area contributed by atoms with E-state index in [4.69, 9.17) is 8.83 Å². The first kappa shape index (κ1) is 22.3. The van der Waals surface area contributed by atoms with Gasteiger partial charge in [0, 0.05) is 34.4 Å². The van der Waals surface area contributed by atoms with Crippen LogP contribution in [0, 0.1) is 13.8 Å². The van der Waals surface area contributed by atoms with Crippen LogP contribution in [0.4, 0.5) is 0 Å². The molecule has 4 aromatic rings. The quantitative estimate of drug-likeness (QED) is 0.436. The van der Waals surface area contributed by atoms with Gasteiger partial charge in [-0.3, -0.25) is 4.79 Å². The summed E-state index contributed by atoms with van der Waals surface area (Å²) in [4.78, 5) is 35.9. The number of benzene rings is 2. The largest absolute Gasteiger partial charge is 0.548 e. The van der Waals surface area contributed by atoms with Gasteiger partial charge in [-0.15, -0.1) is 0 Å². The highest BCUT2D eigenvalue weighted by atomic mass is 16.4. The van der Waals surface area contributed by atoms with Crippen molar-refractivity contribution < 1.29 is 23.5 Å². The van der Waals surface area contributed by atoms with Crippen molar-refractivity contribution >= 4 is 33.8 Å². The lowest BCUT2D eigenvalue weighted by Gasteiger charge is -2.17. The molecule has 33 heavy (non-hydrogen) atoms. The maximum absolute atomic E-state index is 12.6. The van der Waals surface area contributed by atoms with Gasteiger partial charge in [0.1, 0.15) is 16.9 Å². The second kappa shape index (κ2) is 8.94. The van der Waals surface area contributed by atoms with Crippen molar-refractivity contribution in [3.8, 4) is 11.1 Å². The van der Waals surface area contributed by atoms with Gasteiger partial charge in [-0.05, 0) is 43.9 Å². The number of aryl methyl sites for hydroxylation is 2. The lowest BCUT2D eigenvalue weighted by molar-refractivity contribution is -0.308. The van der Waals surface area contributed by atoms with E-state index in [2.05, 4.69) is 5.32 Å². The zero-order chi connectivity index (χ0) is 23.7. The fraction of sp³-hybridized carbons (Fsp3) is 0.269. The molecule has 7 nitrogen and oxygen atoms in total. The molecule has 0 spiro atoms. The number of hydrogen-bond donors (Lipinski definition) is 1. The molecule has 2 heterocycles. The summed E-state index contributed by atoms with van der Waals surface area (Å²) in [7, 11) is 0. The molecule has 4 rings (SSSR count). The number of hydrogen-bond acceptors (Lipinski definition) is 6. The van der Waals surface area contributed by atoms with E-state index in [0.717, 1.165) is 33.2 Å². The SMILES string of the molecule is CC[C@@H](NC(=O)CCc1c(C)c2cc3c(-c4ccccc4)c(C)oc3cc2oc1=O)C(=O)[O-]. The highest BCUT2D eigenvalue weighted by Gasteiger charge is 2.19. The summed E-state index contributed by atoms with van der Waals surface area (Å²) in [5, 5.41) is 15.1. The van der Waals surface area contributed by atoms with Crippen LogP contribution < -0.4 is 16.0 Å². The molecule has 0 aliphatic carbocycles. The van der Waals surface area contributed by atoms with Crippen LogP contribution >= 0.6 is 0 Å². The lowest BCUT2D eigenvalue weighted by Crippen LogP contribution is -2.47. The molecule has 0 aliphatic rings. The van der Waals surface area contributed by atoms with Crippen molar-refractivity contribution in [1.29, 1.82) is 0 Å². The van der Waals surface area contributed by atoms with E-state index in [1.807, 2.05) is 50.2 Å². The number of aliphatic carboxylic acids is 1. The van der Waals surface area contributed by atoms with Crippen molar-refractivity contribution in [2.75, 3.05) is 0 Å². The maximum atomic E-state index is 12.6. The van der Waals surface area contributed by atoms with Crippen LogP contribution in [0.25, 0.3) is 33.1 Å². The van der Waals surface area contributed by atoms with Gasteiger partial charge in [0.05, 0.1) is 12.0 Å². The molecule has 2 aromatic heterocycles. The highest BCUT2D eigenvalue weighted by molar-refractivity contribution is 6.03. The molecule has 0 bridgehead atoms. The molecular formula is C26H24NO6-. The van der Waals surface area contributed by atoms with Gasteiger partial charge in [0.15, 0.2) is 0 Å². The molecule has 0 aliphatic heterocycles. The normalized spacial score (nSPS) is 12.2. The zero-order valence-electron chi connectivity index (χ0n) is 18.7. The Hall–Kier alpha value is -3.87. The van der Waals surface area contributed by atoms with Crippen LogP contribution in [0.3, 0.4) is 0 Å². The number of fused-ring (bicyclic) bond motifs is 2. The summed E-state index contributed by atoms with van der Waals surface area (Å²) in [5.74, 6) is -1.03. The van der Waals surface area contributed by atoms with Crippen LogP contribution in [-0.4, -0.2) is 17.9 Å². The topological polar surface area (TPSA) is 113 Å². The first-order valence-electron chi connectivity index (χ1n) is 10.8. The van der Waals surface area contributed by atoms with Gasteiger partial charge in [-0.2, -0.15) is 0 Å². The number of carboxylic acids is 1. The number of carbonyl (C=O) groups excluding carboxylic acids is 2. The van der Waals surface area contributed by atoms with Crippen LogP contribution in [0.2, 0.25) is 0 Å². The Morgan fingerprint density at radius 2 is 1.73 bits per heavy atom. The molecule has 7 heteroatoms. The Morgan fingerprint density at radius 3 is 2.39 bits per heavy atom. The molecule has 0 unspecified atom stereocenters. The average molecular weight is 446 g/mol. The van der Waals surface area contributed by atoms with E-state index < -0.39 is 23.5 Å². The molecule has 170 valence electrons. The van der Waals surface area contributed by atoms with Gasteiger partial charge in [0.25, 0.3) is 0 Å². The van der Waals surface area contributed by atoms with Crippen LogP contribution in [-0.2, 0) is 16.0 Å². The monoisotopic (exact) mass is 446 g/mol. The summed E-state index contributed by atoms with van der Waals surface area (Å²) < 4.78 is 11.5. The molecule has 0 fully saturated rings. The van der Waals surface area contributed by atoms with E-state index in [-0.39, 0.29) is 19.3 Å². The molecule has 1 amide bonds. The third-order valence-corrected chi connectivity index (χ3v) is 5.96. The van der Waals surface area contributed by atoms with Crippen molar-refractivity contribution in [2.45, 2.75) is 46.1 Å². The number of carbonyl (C=O) groups is 2. The van der Waals surface area contributed by atoms with Gasteiger partial charge < -0.3 is 24.1 Å². The second-order valence-corrected chi connectivity index (χ2v) is 8.08. The summed E-state index contributed by atoms with van der Waals surface area (Å²) in [5.41, 5.74) is 3.63.